The minimum atomic E-state index is 0.0838. The van der Waals surface area contributed by atoms with Gasteiger partial charge in [0.05, 0.1) is 12.2 Å². The van der Waals surface area contributed by atoms with E-state index in [-0.39, 0.29) is 18.6 Å². The third kappa shape index (κ3) is 4.18. The molecule has 1 amide bonds. The summed E-state index contributed by atoms with van der Waals surface area (Å²) in [6.07, 6.45) is 2.47. The molecule has 1 aliphatic rings. The van der Waals surface area contributed by atoms with E-state index in [4.69, 9.17) is 9.47 Å². The van der Waals surface area contributed by atoms with Crippen molar-refractivity contribution < 1.29 is 14.3 Å². The van der Waals surface area contributed by atoms with Crippen LogP contribution in [0.15, 0.2) is 0 Å². The molecule has 88 valence electrons. The number of carbonyl (C=O) groups excluding carboxylic acids is 1. The third-order valence-electron chi connectivity index (χ3n) is 2.53. The lowest BCUT2D eigenvalue weighted by Gasteiger charge is -2.32. The molecule has 0 N–H and O–H groups in total. The summed E-state index contributed by atoms with van der Waals surface area (Å²) in [6, 6.07) is 0. The van der Waals surface area contributed by atoms with Crippen LogP contribution < -0.4 is 0 Å². The lowest BCUT2D eigenvalue weighted by atomic mass is 10.1. The fourth-order valence-electron chi connectivity index (χ4n) is 1.84. The predicted molar refractivity (Wildman–Crippen MR) is 57.7 cm³/mol. The maximum Gasteiger partial charge on any atom is 0.248 e. The van der Waals surface area contributed by atoms with Crippen molar-refractivity contribution in [2.24, 2.45) is 0 Å². The number of likely N-dealkylation sites (tertiary alicyclic amines) is 1. The smallest absolute Gasteiger partial charge is 0.248 e. The molecule has 1 fully saturated rings. The van der Waals surface area contributed by atoms with Crippen molar-refractivity contribution in [1.29, 1.82) is 0 Å². The van der Waals surface area contributed by atoms with Gasteiger partial charge in [-0.1, -0.05) is 0 Å². The molecule has 0 atom stereocenters. The van der Waals surface area contributed by atoms with Gasteiger partial charge < -0.3 is 14.4 Å². The zero-order valence-electron chi connectivity index (χ0n) is 9.86. The second-order valence-corrected chi connectivity index (χ2v) is 4.20. The summed E-state index contributed by atoms with van der Waals surface area (Å²) < 4.78 is 10.5. The SMILES string of the molecule is COCC(=O)N1CCC(OC(C)C)CC1. The minimum Gasteiger partial charge on any atom is -0.375 e. The highest BCUT2D eigenvalue weighted by Crippen LogP contribution is 2.15. The summed E-state index contributed by atoms with van der Waals surface area (Å²) >= 11 is 0. The van der Waals surface area contributed by atoms with Crippen LogP contribution in [0.25, 0.3) is 0 Å². The quantitative estimate of drug-likeness (QED) is 0.703. The van der Waals surface area contributed by atoms with Gasteiger partial charge in [0.15, 0.2) is 0 Å². The molecule has 0 bridgehead atoms. The Hall–Kier alpha value is -0.610. The molecular formula is C11H21NO3. The predicted octanol–water partition coefficient (Wildman–Crippen LogP) is 1.05. The molecule has 1 saturated heterocycles. The number of amides is 1. The molecule has 0 saturated carbocycles. The van der Waals surface area contributed by atoms with Crippen LogP contribution in [0.3, 0.4) is 0 Å². The molecule has 1 aliphatic heterocycles. The Morgan fingerprint density at radius 1 is 1.40 bits per heavy atom. The first-order valence-corrected chi connectivity index (χ1v) is 5.55. The zero-order valence-corrected chi connectivity index (χ0v) is 9.86. The molecule has 0 radical (unpaired) electrons. The van der Waals surface area contributed by atoms with Crippen LogP contribution >= 0.6 is 0 Å². The molecule has 15 heavy (non-hydrogen) atoms. The van der Waals surface area contributed by atoms with Gasteiger partial charge in [0.1, 0.15) is 6.61 Å². The lowest BCUT2D eigenvalue weighted by Crippen LogP contribution is -2.42. The van der Waals surface area contributed by atoms with E-state index in [9.17, 15) is 4.79 Å². The number of hydrogen-bond donors (Lipinski definition) is 0. The van der Waals surface area contributed by atoms with E-state index in [0.29, 0.717) is 6.10 Å². The van der Waals surface area contributed by atoms with E-state index in [1.165, 1.54) is 0 Å². The normalized spacial score (nSPS) is 18.5. The first kappa shape index (κ1) is 12.5. The average molecular weight is 215 g/mol. The largest absolute Gasteiger partial charge is 0.375 e. The van der Waals surface area contributed by atoms with Gasteiger partial charge in [0, 0.05) is 20.2 Å². The molecule has 0 aromatic heterocycles. The van der Waals surface area contributed by atoms with Crippen LogP contribution in [0.5, 0.6) is 0 Å². The third-order valence-corrected chi connectivity index (χ3v) is 2.53. The number of carbonyl (C=O) groups is 1. The molecule has 0 aliphatic carbocycles. The van der Waals surface area contributed by atoms with Crippen molar-refractivity contribution in [3.8, 4) is 0 Å². The monoisotopic (exact) mass is 215 g/mol. The Bertz CT molecular complexity index is 198. The number of methoxy groups -OCH3 is 1. The zero-order chi connectivity index (χ0) is 11.3. The van der Waals surface area contributed by atoms with Gasteiger partial charge in [-0.2, -0.15) is 0 Å². The maximum absolute atomic E-state index is 11.5. The summed E-state index contributed by atoms with van der Waals surface area (Å²) in [7, 11) is 1.55. The van der Waals surface area contributed by atoms with Gasteiger partial charge in [0.2, 0.25) is 5.91 Å². The second kappa shape index (κ2) is 6.08. The number of nitrogens with zero attached hydrogens (tertiary/aromatic N) is 1. The standard InChI is InChI=1S/C11H21NO3/c1-9(2)15-10-4-6-12(7-5-10)11(13)8-14-3/h9-10H,4-8H2,1-3H3. The van der Waals surface area contributed by atoms with Crippen molar-refractivity contribution in [2.45, 2.75) is 38.9 Å². The van der Waals surface area contributed by atoms with E-state index >= 15 is 0 Å². The highest BCUT2D eigenvalue weighted by molar-refractivity contribution is 5.77. The van der Waals surface area contributed by atoms with Gasteiger partial charge in [-0.3, -0.25) is 4.79 Å². The fraction of sp³-hybridized carbons (Fsp3) is 0.909. The molecule has 0 aromatic carbocycles. The van der Waals surface area contributed by atoms with Crippen molar-refractivity contribution in [3.63, 3.8) is 0 Å². The summed E-state index contributed by atoms with van der Waals surface area (Å²) in [5.41, 5.74) is 0. The number of piperidine rings is 1. The van der Waals surface area contributed by atoms with Crippen LogP contribution in [0.4, 0.5) is 0 Å². The number of ether oxygens (including phenoxy) is 2. The molecule has 4 nitrogen and oxygen atoms in total. The molecule has 0 spiro atoms. The fourth-order valence-corrected chi connectivity index (χ4v) is 1.84. The highest BCUT2D eigenvalue weighted by atomic mass is 16.5. The number of hydrogen-bond acceptors (Lipinski definition) is 3. The Kier molecular flexibility index (Phi) is 5.05. The van der Waals surface area contributed by atoms with Crippen LogP contribution in [-0.4, -0.2) is 49.8 Å². The molecule has 0 unspecified atom stereocenters. The van der Waals surface area contributed by atoms with E-state index in [1.807, 2.05) is 18.7 Å². The van der Waals surface area contributed by atoms with Gasteiger partial charge in [-0.15, -0.1) is 0 Å². The van der Waals surface area contributed by atoms with Gasteiger partial charge in [-0.05, 0) is 26.7 Å². The Balaban J connectivity index is 2.26. The van der Waals surface area contributed by atoms with E-state index < -0.39 is 0 Å². The van der Waals surface area contributed by atoms with Crippen LogP contribution in [0.2, 0.25) is 0 Å². The van der Waals surface area contributed by atoms with Crippen LogP contribution in [0.1, 0.15) is 26.7 Å². The summed E-state index contributed by atoms with van der Waals surface area (Å²) in [5, 5.41) is 0. The van der Waals surface area contributed by atoms with E-state index in [0.717, 1.165) is 25.9 Å². The molecule has 4 heteroatoms. The van der Waals surface area contributed by atoms with Gasteiger partial charge in [0.25, 0.3) is 0 Å². The lowest BCUT2D eigenvalue weighted by molar-refractivity contribution is -0.138. The van der Waals surface area contributed by atoms with Crippen LogP contribution in [0, 0.1) is 0 Å². The van der Waals surface area contributed by atoms with Crippen LogP contribution in [-0.2, 0) is 14.3 Å². The van der Waals surface area contributed by atoms with Gasteiger partial charge >= 0.3 is 0 Å². The van der Waals surface area contributed by atoms with Gasteiger partial charge in [-0.25, -0.2) is 0 Å². The minimum absolute atomic E-state index is 0.0838. The first-order chi connectivity index (χ1) is 7.13. The summed E-state index contributed by atoms with van der Waals surface area (Å²) in [4.78, 5) is 13.3. The Morgan fingerprint density at radius 3 is 2.47 bits per heavy atom. The molecule has 1 rings (SSSR count). The van der Waals surface area contributed by atoms with E-state index in [2.05, 4.69) is 0 Å². The number of rotatable bonds is 4. The summed E-state index contributed by atoms with van der Waals surface area (Å²) in [5.74, 6) is 0.0838. The molecule has 0 aromatic rings. The topological polar surface area (TPSA) is 38.8 Å². The Morgan fingerprint density at radius 2 is 2.00 bits per heavy atom. The summed E-state index contributed by atoms with van der Waals surface area (Å²) in [6.45, 7) is 5.86. The average Bonchev–Trinajstić information content (AvgIpc) is 2.18. The maximum atomic E-state index is 11.5. The highest BCUT2D eigenvalue weighted by Gasteiger charge is 2.23. The van der Waals surface area contributed by atoms with Crippen molar-refractivity contribution in [2.75, 3.05) is 26.8 Å². The van der Waals surface area contributed by atoms with Crippen molar-refractivity contribution >= 4 is 5.91 Å². The molecule has 1 heterocycles. The Labute approximate surface area is 91.5 Å². The van der Waals surface area contributed by atoms with E-state index in [1.54, 1.807) is 7.11 Å². The van der Waals surface area contributed by atoms with Crippen molar-refractivity contribution in [3.05, 3.63) is 0 Å². The first-order valence-electron chi connectivity index (χ1n) is 5.55. The van der Waals surface area contributed by atoms with Crippen molar-refractivity contribution in [1.82, 2.24) is 4.90 Å². The second-order valence-electron chi connectivity index (χ2n) is 4.20. The molecular weight excluding hydrogens is 194 g/mol.